The van der Waals surface area contributed by atoms with Crippen LogP contribution in [0, 0.1) is 5.95 Å². The van der Waals surface area contributed by atoms with Crippen LogP contribution >= 0.6 is 0 Å². The van der Waals surface area contributed by atoms with Gasteiger partial charge in [-0.2, -0.15) is 4.39 Å². The molecule has 1 N–H and O–H groups in total. The van der Waals surface area contributed by atoms with Crippen LogP contribution in [0.5, 0.6) is 0 Å². The molecule has 0 radical (unpaired) electrons. The van der Waals surface area contributed by atoms with Crippen LogP contribution in [0.4, 0.5) is 4.39 Å². The minimum atomic E-state index is -0.852. The minimum absolute atomic E-state index is 0.162. The van der Waals surface area contributed by atoms with Gasteiger partial charge in [0.2, 0.25) is 5.95 Å². The number of nitrogens with zero attached hydrogens (tertiary/aromatic N) is 2. The third kappa shape index (κ3) is 4.84. The molecule has 0 aliphatic carbocycles. The Morgan fingerprint density at radius 1 is 1.26 bits per heavy atom. The molecule has 2 aromatic heterocycles. The highest BCUT2D eigenvalue weighted by atomic mass is 19.1. The first kappa shape index (κ1) is 16.5. The number of esters is 1. The van der Waals surface area contributed by atoms with Gasteiger partial charge >= 0.3 is 5.97 Å². The molecule has 2 aromatic rings. The zero-order chi connectivity index (χ0) is 16.7. The number of nitrogens with one attached hydrogen (secondary N) is 1. The van der Waals surface area contributed by atoms with Crippen LogP contribution in [-0.2, 0) is 16.0 Å². The van der Waals surface area contributed by atoms with Crippen LogP contribution in [-0.4, -0.2) is 34.5 Å². The van der Waals surface area contributed by atoms with Gasteiger partial charge < -0.3 is 10.1 Å². The maximum atomic E-state index is 12.8. The highest BCUT2D eigenvalue weighted by molar-refractivity contribution is 5.96. The van der Waals surface area contributed by atoms with E-state index in [4.69, 9.17) is 4.74 Å². The molecule has 6 nitrogen and oxygen atoms in total. The van der Waals surface area contributed by atoms with E-state index in [1.165, 1.54) is 6.07 Å². The van der Waals surface area contributed by atoms with E-state index in [1.807, 2.05) is 0 Å². The first-order valence-electron chi connectivity index (χ1n) is 7.08. The molecule has 0 aliphatic rings. The SMILES string of the molecule is CCOC(=O)[C@@H](Cc1ccncc1)NC(=O)c1ccc(F)nc1. The summed E-state index contributed by atoms with van der Waals surface area (Å²) < 4.78 is 17.8. The van der Waals surface area contributed by atoms with Crippen molar-refractivity contribution in [1.29, 1.82) is 0 Å². The van der Waals surface area contributed by atoms with E-state index in [-0.39, 0.29) is 18.6 Å². The molecule has 2 heterocycles. The van der Waals surface area contributed by atoms with Crippen molar-refractivity contribution < 1.29 is 18.7 Å². The van der Waals surface area contributed by atoms with Gasteiger partial charge in [0.25, 0.3) is 5.91 Å². The fourth-order valence-corrected chi connectivity index (χ4v) is 1.94. The zero-order valence-corrected chi connectivity index (χ0v) is 12.5. The topological polar surface area (TPSA) is 81.2 Å². The molecule has 0 saturated heterocycles. The number of ether oxygens (including phenoxy) is 1. The Kier molecular flexibility index (Phi) is 5.74. The second-order valence-electron chi connectivity index (χ2n) is 4.71. The zero-order valence-electron chi connectivity index (χ0n) is 12.5. The van der Waals surface area contributed by atoms with Gasteiger partial charge in [-0.3, -0.25) is 9.78 Å². The van der Waals surface area contributed by atoms with E-state index < -0.39 is 23.9 Å². The summed E-state index contributed by atoms with van der Waals surface area (Å²) in [6.07, 6.45) is 4.58. The summed E-state index contributed by atoms with van der Waals surface area (Å²) in [6.45, 7) is 1.90. The number of amides is 1. The second-order valence-corrected chi connectivity index (χ2v) is 4.71. The quantitative estimate of drug-likeness (QED) is 0.645. The third-order valence-electron chi connectivity index (χ3n) is 3.06. The van der Waals surface area contributed by atoms with Gasteiger partial charge in [-0.15, -0.1) is 0 Å². The maximum Gasteiger partial charge on any atom is 0.328 e. The van der Waals surface area contributed by atoms with E-state index in [1.54, 1.807) is 31.5 Å². The fourth-order valence-electron chi connectivity index (χ4n) is 1.94. The average molecular weight is 317 g/mol. The highest BCUT2D eigenvalue weighted by Gasteiger charge is 2.23. The van der Waals surface area contributed by atoms with Crippen molar-refractivity contribution in [3.63, 3.8) is 0 Å². The second kappa shape index (κ2) is 7.98. The van der Waals surface area contributed by atoms with Gasteiger partial charge in [0.15, 0.2) is 0 Å². The molecule has 0 bridgehead atoms. The lowest BCUT2D eigenvalue weighted by Gasteiger charge is -2.17. The molecule has 1 amide bonds. The Hall–Kier alpha value is -2.83. The Labute approximate surface area is 132 Å². The van der Waals surface area contributed by atoms with E-state index in [0.29, 0.717) is 0 Å². The monoisotopic (exact) mass is 317 g/mol. The van der Waals surface area contributed by atoms with Gasteiger partial charge in [0, 0.05) is 25.0 Å². The van der Waals surface area contributed by atoms with Crippen LogP contribution < -0.4 is 5.32 Å². The summed E-state index contributed by atoms with van der Waals surface area (Å²) in [6, 6.07) is 5.02. The molecule has 120 valence electrons. The van der Waals surface area contributed by atoms with E-state index in [9.17, 15) is 14.0 Å². The van der Waals surface area contributed by atoms with Crippen molar-refractivity contribution in [2.45, 2.75) is 19.4 Å². The number of carbonyl (C=O) groups is 2. The molecule has 0 aromatic carbocycles. The van der Waals surface area contributed by atoms with E-state index >= 15 is 0 Å². The van der Waals surface area contributed by atoms with Gasteiger partial charge in [-0.25, -0.2) is 9.78 Å². The third-order valence-corrected chi connectivity index (χ3v) is 3.06. The lowest BCUT2D eigenvalue weighted by molar-refractivity contribution is -0.145. The number of rotatable bonds is 6. The average Bonchev–Trinajstić information content (AvgIpc) is 2.56. The molecule has 0 saturated carbocycles. The summed E-state index contributed by atoms with van der Waals surface area (Å²) in [5.41, 5.74) is 0.992. The van der Waals surface area contributed by atoms with E-state index in [0.717, 1.165) is 17.8 Å². The van der Waals surface area contributed by atoms with Crippen molar-refractivity contribution in [1.82, 2.24) is 15.3 Å². The largest absolute Gasteiger partial charge is 0.464 e. The maximum absolute atomic E-state index is 12.8. The Morgan fingerprint density at radius 3 is 2.61 bits per heavy atom. The van der Waals surface area contributed by atoms with Crippen LogP contribution in [0.25, 0.3) is 0 Å². The van der Waals surface area contributed by atoms with Crippen molar-refractivity contribution >= 4 is 11.9 Å². The molecule has 0 aliphatic heterocycles. The van der Waals surface area contributed by atoms with E-state index in [2.05, 4.69) is 15.3 Å². The normalized spacial score (nSPS) is 11.6. The number of hydrogen-bond donors (Lipinski definition) is 1. The summed E-state index contributed by atoms with van der Waals surface area (Å²) in [7, 11) is 0. The van der Waals surface area contributed by atoms with Gasteiger partial charge in [-0.1, -0.05) is 0 Å². The van der Waals surface area contributed by atoms with Crippen molar-refractivity contribution in [3.05, 3.63) is 59.9 Å². The first-order valence-corrected chi connectivity index (χ1v) is 7.08. The Balaban J connectivity index is 2.11. The molecular formula is C16H16FN3O3. The van der Waals surface area contributed by atoms with Crippen LogP contribution in [0.2, 0.25) is 0 Å². The molecular weight excluding hydrogens is 301 g/mol. The van der Waals surface area contributed by atoms with Gasteiger partial charge in [0.05, 0.1) is 12.2 Å². The first-order chi connectivity index (χ1) is 11.1. The fraction of sp³-hybridized carbons (Fsp3) is 0.250. The molecule has 0 fully saturated rings. The minimum Gasteiger partial charge on any atom is -0.464 e. The number of hydrogen-bond acceptors (Lipinski definition) is 5. The summed E-state index contributed by atoms with van der Waals surface area (Å²) in [4.78, 5) is 31.5. The Bertz CT molecular complexity index is 662. The molecule has 2 rings (SSSR count). The summed E-state index contributed by atoms with van der Waals surface area (Å²) in [5.74, 6) is -1.74. The van der Waals surface area contributed by atoms with Crippen molar-refractivity contribution in [2.75, 3.05) is 6.61 Å². The van der Waals surface area contributed by atoms with Gasteiger partial charge in [0.1, 0.15) is 6.04 Å². The standard InChI is InChI=1S/C16H16FN3O3/c1-2-23-16(22)13(9-11-5-7-18-8-6-11)20-15(21)12-3-4-14(17)19-10-12/h3-8,10,13H,2,9H2,1H3,(H,20,21)/t13-/m1/s1. The molecule has 0 unspecified atom stereocenters. The lowest BCUT2D eigenvalue weighted by Crippen LogP contribution is -2.43. The van der Waals surface area contributed by atoms with Crippen molar-refractivity contribution in [3.8, 4) is 0 Å². The van der Waals surface area contributed by atoms with Crippen LogP contribution in [0.1, 0.15) is 22.8 Å². The molecule has 23 heavy (non-hydrogen) atoms. The molecule has 1 atom stereocenters. The van der Waals surface area contributed by atoms with Crippen LogP contribution in [0.15, 0.2) is 42.9 Å². The summed E-state index contributed by atoms with van der Waals surface area (Å²) >= 11 is 0. The molecule has 7 heteroatoms. The highest BCUT2D eigenvalue weighted by Crippen LogP contribution is 2.06. The lowest BCUT2D eigenvalue weighted by atomic mass is 10.1. The smallest absolute Gasteiger partial charge is 0.328 e. The van der Waals surface area contributed by atoms with Crippen molar-refractivity contribution in [2.24, 2.45) is 0 Å². The van der Waals surface area contributed by atoms with Crippen LogP contribution in [0.3, 0.4) is 0 Å². The predicted molar refractivity (Wildman–Crippen MR) is 80.0 cm³/mol. The number of carbonyl (C=O) groups excluding carboxylic acids is 2. The summed E-state index contributed by atoms with van der Waals surface area (Å²) in [5, 5.41) is 2.59. The predicted octanol–water partition coefficient (Wildman–Crippen LogP) is 1.52. The number of aromatic nitrogens is 2. The number of halogens is 1. The number of pyridine rings is 2. The Morgan fingerprint density at radius 2 is 2.00 bits per heavy atom. The van der Waals surface area contributed by atoms with Gasteiger partial charge in [-0.05, 0) is 36.8 Å². The molecule has 0 spiro atoms.